The lowest BCUT2D eigenvalue weighted by Gasteiger charge is -2.31. The first-order valence-corrected chi connectivity index (χ1v) is 13.2. The van der Waals surface area contributed by atoms with Crippen molar-refractivity contribution in [2.45, 2.75) is 37.0 Å². The van der Waals surface area contributed by atoms with Gasteiger partial charge in [0.05, 0.1) is 30.2 Å². The zero-order valence-corrected chi connectivity index (χ0v) is 20.9. The number of amides is 1. The SMILES string of the molecule is CSC1(c2cc(N3CCOCC3)nc(-c3ccc(NCc4ncc[nH]4)cc3)n2)CCCC1.NC=O. The second-order valence-corrected chi connectivity index (χ2v) is 9.73. The molecule has 1 aliphatic heterocycles. The van der Waals surface area contributed by atoms with E-state index in [1.165, 1.54) is 31.4 Å². The van der Waals surface area contributed by atoms with Crippen LogP contribution in [0.4, 0.5) is 11.5 Å². The van der Waals surface area contributed by atoms with Gasteiger partial charge in [-0.05, 0) is 43.4 Å². The zero-order chi connectivity index (χ0) is 24.5. The highest BCUT2D eigenvalue weighted by Gasteiger charge is 2.37. The molecule has 2 aliphatic rings. The highest BCUT2D eigenvalue weighted by molar-refractivity contribution is 7.99. The highest BCUT2D eigenvalue weighted by atomic mass is 32.2. The maximum atomic E-state index is 8.58. The van der Waals surface area contributed by atoms with Crippen LogP contribution in [0.5, 0.6) is 0 Å². The number of hydrogen-bond acceptors (Lipinski definition) is 8. The molecule has 1 amide bonds. The van der Waals surface area contributed by atoms with Crippen LogP contribution in [0.15, 0.2) is 42.7 Å². The summed E-state index contributed by atoms with van der Waals surface area (Å²) in [4.78, 5) is 28.4. The summed E-state index contributed by atoms with van der Waals surface area (Å²) in [5, 5.41) is 3.40. The van der Waals surface area contributed by atoms with E-state index in [2.05, 4.69) is 62.5 Å². The predicted molar refractivity (Wildman–Crippen MR) is 140 cm³/mol. The number of nitrogens with one attached hydrogen (secondary N) is 2. The van der Waals surface area contributed by atoms with Crippen molar-refractivity contribution in [2.24, 2.45) is 5.73 Å². The Morgan fingerprint density at radius 1 is 1.20 bits per heavy atom. The largest absolute Gasteiger partial charge is 0.378 e. The van der Waals surface area contributed by atoms with E-state index in [-0.39, 0.29) is 11.2 Å². The van der Waals surface area contributed by atoms with Gasteiger partial charge in [-0.1, -0.05) is 12.8 Å². The van der Waals surface area contributed by atoms with Crippen molar-refractivity contribution in [1.29, 1.82) is 0 Å². The minimum Gasteiger partial charge on any atom is -0.378 e. The number of primary amides is 1. The van der Waals surface area contributed by atoms with Gasteiger partial charge in [0.15, 0.2) is 5.82 Å². The van der Waals surface area contributed by atoms with Crippen molar-refractivity contribution in [3.05, 3.63) is 54.2 Å². The van der Waals surface area contributed by atoms with Crippen LogP contribution in [-0.2, 0) is 20.8 Å². The number of hydrogen-bond donors (Lipinski definition) is 3. The average molecular weight is 496 g/mol. The van der Waals surface area contributed by atoms with Gasteiger partial charge in [-0.25, -0.2) is 15.0 Å². The molecule has 1 aromatic carbocycles. The fourth-order valence-corrected chi connectivity index (χ4v) is 5.59. The maximum Gasteiger partial charge on any atom is 0.204 e. The van der Waals surface area contributed by atoms with E-state index >= 15 is 0 Å². The van der Waals surface area contributed by atoms with Crippen molar-refractivity contribution in [2.75, 3.05) is 42.8 Å². The van der Waals surface area contributed by atoms with E-state index in [0.717, 1.165) is 55.0 Å². The lowest BCUT2D eigenvalue weighted by molar-refractivity contribution is -0.106. The highest BCUT2D eigenvalue weighted by Crippen LogP contribution is 2.48. The van der Waals surface area contributed by atoms with Crippen LogP contribution in [0.3, 0.4) is 0 Å². The van der Waals surface area contributed by atoms with Gasteiger partial charge in [0.25, 0.3) is 0 Å². The second kappa shape index (κ2) is 12.0. The van der Waals surface area contributed by atoms with E-state index in [1.54, 1.807) is 6.20 Å². The van der Waals surface area contributed by atoms with Gasteiger partial charge in [-0.15, -0.1) is 0 Å². The Hall–Kier alpha value is -3.11. The van der Waals surface area contributed by atoms with Crippen LogP contribution in [0.1, 0.15) is 37.2 Å². The summed E-state index contributed by atoms with van der Waals surface area (Å²) in [6, 6.07) is 10.6. The molecule has 3 heterocycles. The lowest BCUT2D eigenvalue weighted by Crippen LogP contribution is -2.37. The Morgan fingerprint density at radius 2 is 1.91 bits per heavy atom. The van der Waals surface area contributed by atoms with Crippen molar-refractivity contribution in [1.82, 2.24) is 19.9 Å². The van der Waals surface area contributed by atoms with Crippen LogP contribution in [0.2, 0.25) is 0 Å². The fourth-order valence-electron chi connectivity index (χ4n) is 4.58. The summed E-state index contributed by atoms with van der Waals surface area (Å²) in [7, 11) is 0. The van der Waals surface area contributed by atoms with Gasteiger partial charge in [0.1, 0.15) is 11.6 Å². The number of thioether (sulfide) groups is 1. The Bertz CT molecular complexity index is 1060. The van der Waals surface area contributed by atoms with E-state index < -0.39 is 0 Å². The Morgan fingerprint density at radius 3 is 2.54 bits per heavy atom. The topological polar surface area (TPSA) is 122 Å². The minimum atomic E-state index is 0.100. The van der Waals surface area contributed by atoms with Crippen molar-refractivity contribution in [3.8, 4) is 11.4 Å². The number of imidazole rings is 1. The molecule has 0 bridgehead atoms. The van der Waals surface area contributed by atoms with Gasteiger partial charge in [0.2, 0.25) is 6.41 Å². The van der Waals surface area contributed by atoms with Crippen molar-refractivity contribution >= 4 is 29.7 Å². The number of carbonyl (C=O) groups is 1. The molecule has 1 saturated heterocycles. The summed E-state index contributed by atoms with van der Waals surface area (Å²) in [6.07, 6.45) is 11.0. The standard InChI is InChI=1S/C24H30N6OS.CH3NO/c1-32-24(8-2-3-9-24)20-16-22(30-12-14-31-15-13-30)29-23(28-20)18-4-6-19(7-5-18)27-17-21-25-10-11-26-21;2-1-3/h4-7,10-11,16,27H,2-3,8-9,12-15,17H2,1H3,(H,25,26);1H,(H2,2,3). The molecule has 0 atom stereocenters. The number of benzene rings is 1. The molecule has 9 nitrogen and oxygen atoms in total. The predicted octanol–water partition coefficient (Wildman–Crippen LogP) is 3.55. The third kappa shape index (κ3) is 6.12. The Labute approximate surface area is 210 Å². The molecule has 2 aromatic heterocycles. The molecule has 0 unspecified atom stereocenters. The summed E-state index contributed by atoms with van der Waals surface area (Å²) in [5.41, 5.74) is 7.43. The number of H-pyrrole nitrogens is 1. The van der Waals surface area contributed by atoms with Gasteiger partial charge >= 0.3 is 0 Å². The van der Waals surface area contributed by atoms with Crippen LogP contribution in [0.25, 0.3) is 11.4 Å². The lowest BCUT2D eigenvalue weighted by atomic mass is 10.0. The van der Waals surface area contributed by atoms with Crippen molar-refractivity contribution < 1.29 is 9.53 Å². The van der Waals surface area contributed by atoms with E-state index in [1.807, 2.05) is 18.0 Å². The third-order valence-electron chi connectivity index (χ3n) is 6.47. The van der Waals surface area contributed by atoms with Gasteiger partial charge in [-0.2, -0.15) is 11.8 Å². The molecule has 35 heavy (non-hydrogen) atoms. The number of carbonyl (C=O) groups excluding carboxylic acids is 1. The Balaban J connectivity index is 0.000000917. The number of ether oxygens (including phenoxy) is 1. The molecule has 2 fully saturated rings. The van der Waals surface area contributed by atoms with Gasteiger partial charge in [0, 0.05) is 42.8 Å². The minimum absolute atomic E-state index is 0.100. The number of nitrogens with two attached hydrogens (primary N) is 1. The molecule has 186 valence electrons. The third-order valence-corrected chi connectivity index (χ3v) is 7.87. The quantitative estimate of drug-likeness (QED) is 0.426. The fraction of sp³-hybridized carbons (Fsp3) is 0.440. The van der Waals surface area contributed by atoms with Crippen LogP contribution in [0, 0.1) is 0 Å². The first-order chi connectivity index (χ1) is 17.2. The number of morpholine rings is 1. The maximum absolute atomic E-state index is 8.58. The number of aromatic nitrogens is 4. The number of rotatable bonds is 7. The summed E-state index contributed by atoms with van der Waals surface area (Å²) in [6.45, 7) is 3.90. The molecule has 10 heteroatoms. The first kappa shape index (κ1) is 25.0. The molecule has 1 aliphatic carbocycles. The van der Waals surface area contributed by atoms with Crippen molar-refractivity contribution in [3.63, 3.8) is 0 Å². The normalized spacial score (nSPS) is 16.9. The number of nitrogens with zero attached hydrogens (tertiary/aromatic N) is 4. The van der Waals surface area contributed by atoms with Gasteiger partial charge in [-0.3, -0.25) is 4.79 Å². The summed E-state index contributed by atoms with van der Waals surface area (Å²) in [5.74, 6) is 2.75. The monoisotopic (exact) mass is 495 g/mol. The summed E-state index contributed by atoms with van der Waals surface area (Å²) >= 11 is 1.95. The zero-order valence-electron chi connectivity index (χ0n) is 20.1. The van der Waals surface area contributed by atoms with E-state index in [0.29, 0.717) is 6.54 Å². The van der Waals surface area contributed by atoms with E-state index in [9.17, 15) is 0 Å². The van der Waals surface area contributed by atoms with Crippen LogP contribution >= 0.6 is 11.8 Å². The van der Waals surface area contributed by atoms with Crippen LogP contribution < -0.4 is 16.0 Å². The molecule has 0 spiro atoms. The number of anilines is 2. The molecular weight excluding hydrogens is 462 g/mol. The summed E-state index contributed by atoms with van der Waals surface area (Å²) < 4.78 is 5.67. The molecule has 5 rings (SSSR count). The second-order valence-electron chi connectivity index (χ2n) is 8.54. The van der Waals surface area contributed by atoms with Gasteiger partial charge < -0.3 is 25.7 Å². The molecular formula is C25H33N7O2S. The smallest absolute Gasteiger partial charge is 0.204 e. The first-order valence-electron chi connectivity index (χ1n) is 11.9. The molecule has 1 saturated carbocycles. The Kier molecular flexibility index (Phi) is 8.59. The average Bonchev–Trinajstić information content (AvgIpc) is 3.62. The van der Waals surface area contributed by atoms with E-state index in [4.69, 9.17) is 19.5 Å². The van der Waals surface area contributed by atoms with Crippen LogP contribution in [-0.4, -0.2) is 58.9 Å². The molecule has 0 radical (unpaired) electrons. The molecule has 4 N–H and O–H groups in total. The molecule has 3 aromatic rings. The number of aromatic amines is 1.